The van der Waals surface area contributed by atoms with E-state index in [1.165, 1.54) is 23.8 Å². The molecule has 1 aliphatic heterocycles. The molecule has 3 heterocycles. The van der Waals surface area contributed by atoms with Crippen LogP contribution in [0, 0.1) is 11.3 Å². The Bertz CT molecular complexity index is 1330. The maximum atomic E-state index is 12.7. The topological polar surface area (TPSA) is 140 Å². The minimum absolute atomic E-state index is 0.0297. The summed E-state index contributed by atoms with van der Waals surface area (Å²) in [5.74, 6) is 0.458. The number of hydrogen-bond acceptors (Lipinski definition) is 6. The number of nitrogens with zero attached hydrogens (tertiary/aromatic N) is 4. The van der Waals surface area contributed by atoms with Crippen LogP contribution < -0.4 is 10.1 Å². The zero-order chi connectivity index (χ0) is 25.6. The van der Waals surface area contributed by atoms with Gasteiger partial charge in [-0.05, 0) is 67.7 Å². The highest BCUT2D eigenvalue weighted by Crippen LogP contribution is 2.36. The number of anilines is 1. The molecule has 1 saturated heterocycles. The van der Waals surface area contributed by atoms with Crippen LogP contribution in [0.2, 0.25) is 0 Å². The van der Waals surface area contributed by atoms with Crippen molar-refractivity contribution in [3.05, 3.63) is 65.5 Å². The summed E-state index contributed by atoms with van der Waals surface area (Å²) in [6.45, 7) is 1.44. The van der Waals surface area contributed by atoms with Crippen LogP contribution in [0.3, 0.4) is 0 Å². The molecule has 3 N–H and O–H groups in total. The van der Waals surface area contributed by atoms with Gasteiger partial charge in [-0.15, -0.1) is 0 Å². The average Bonchev–Trinajstić information content (AvgIpc) is 3.61. The number of carbonyl (C=O) groups excluding carboxylic acids is 2. The van der Waals surface area contributed by atoms with Crippen LogP contribution in [0.1, 0.15) is 67.0 Å². The Morgan fingerprint density at radius 2 is 2.08 bits per heavy atom. The molecule has 10 nitrogen and oxygen atoms in total. The van der Waals surface area contributed by atoms with E-state index in [-0.39, 0.29) is 17.6 Å². The second-order valence-electron chi connectivity index (χ2n) is 9.42. The van der Waals surface area contributed by atoms with Crippen molar-refractivity contribution < 1.29 is 14.3 Å². The fraction of sp³-hybridized carbons (Fsp3) is 0.370. The monoisotopic (exact) mass is 499 g/mol. The maximum absolute atomic E-state index is 12.7. The first-order valence-electron chi connectivity index (χ1n) is 12.6. The number of aromatic nitrogens is 4. The lowest BCUT2D eigenvalue weighted by molar-refractivity contribution is -0.131. The highest BCUT2D eigenvalue weighted by atomic mass is 16.6. The molecule has 2 aromatic heterocycles. The van der Waals surface area contributed by atoms with Gasteiger partial charge >= 0.3 is 12.1 Å². The van der Waals surface area contributed by atoms with Crippen LogP contribution in [0.15, 0.2) is 43.0 Å². The first-order valence-corrected chi connectivity index (χ1v) is 12.6. The normalized spacial score (nSPS) is 16.1. The number of aromatic amines is 2. The third-order valence-corrected chi connectivity index (χ3v) is 7.00. The van der Waals surface area contributed by atoms with Crippen LogP contribution in [-0.2, 0) is 11.2 Å². The molecule has 0 saturated carbocycles. The van der Waals surface area contributed by atoms with Crippen molar-refractivity contribution in [3.63, 3.8) is 0 Å². The third-order valence-electron chi connectivity index (χ3n) is 7.00. The quantitative estimate of drug-likeness (QED) is 0.455. The molecule has 0 unspecified atom stereocenters. The number of benzene rings is 1. The lowest BCUT2D eigenvalue weighted by Crippen LogP contribution is -2.38. The summed E-state index contributed by atoms with van der Waals surface area (Å²) in [4.78, 5) is 40.7. The van der Waals surface area contributed by atoms with Crippen LogP contribution in [-0.4, -0.2) is 49.9 Å². The Labute approximate surface area is 214 Å². The van der Waals surface area contributed by atoms with Gasteiger partial charge in [-0.2, -0.15) is 5.26 Å². The highest BCUT2D eigenvalue weighted by Gasteiger charge is 2.25. The van der Waals surface area contributed by atoms with Crippen molar-refractivity contribution in [2.45, 2.75) is 50.9 Å². The SMILES string of the molecule is N#Cc1cnc(OC(=O)Nc2ccc(C3CCN(C(=O)Cc4cnc[nH]4)CC3)cc2C2=CCCCC2)[nH]1. The Morgan fingerprint density at radius 1 is 1.22 bits per heavy atom. The molecule has 5 rings (SSSR count). The maximum Gasteiger partial charge on any atom is 0.419 e. The number of likely N-dealkylation sites (tertiary alicyclic amines) is 1. The van der Waals surface area contributed by atoms with Crippen LogP contribution >= 0.6 is 0 Å². The minimum Gasteiger partial charge on any atom is -0.375 e. The number of rotatable bonds is 6. The van der Waals surface area contributed by atoms with Gasteiger partial charge in [0.15, 0.2) is 0 Å². The molecule has 1 aliphatic carbocycles. The van der Waals surface area contributed by atoms with Gasteiger partial charge in [-0.3, -0.25) is 15.1 Å². The molecular formula is C27H29N7O3. The van der Waals surface area contributed by atoms with Crippen molar-refractivity contribution in [3.8, 4) is 12.1 Å². The molecule has 1 fully saturated rings. The van der Waals surface area contributed by atoms with Gasteiger partial charge in [0.2, 0.25) is 5.91 Å². The first kappa shape index (κ1) is 24.3. The number of H-pyrrole nitrogens is 2. The second kappa shape index (κ2) is 11.1. The van der Waals surface area contributed by atoms with Crippen molar-refractivity contribution in [1.82, 2.24) is 24.8 Å². The Kier molecular flexibility index (Phi) is 7.31. The largest absolute Gasteiger partial charge is 0.419 e. The molecule has 10 heteroatoms. The van der Waals surface area contributed by atoms with E-state index < -0.39 is 6.09 Å². The van der Waals surface area contributed by atoms with E-state index in [0.29, 0.717) is 18.0 Å². The Morgan fingerprint density at radius 3 is 2.78 bits per heavy atom. The molecule has 0 atom stereocenters. The minimum atomic E-state index is -0.673. The van der Waals surface area contributed by atoms with E-state index >= 15 is 0 Å². The summed E-state index contributed by atoms with van der Waals surface area (Å²) in [5, 5.41) is 11.8. The van der Waals surface area contributed by atoms with Crippen molar-refractivity contribution in [2.24, 2.45) is 0 Å². The van der Waals surface area contributed by atoms with E-state index in [4.69, 9.17) is 10.00 Å². The fourth-order valence-electron chi connectivity index (χ4n) is 5.03. The molecule has 3 aromatic rings. The number of imidazole rings is 2. The number of piperidine rings is 1. The summed E-state index contributed by atoms with van der Waals surface area (Å²) in [6.07, 6.45) is 12.5. The molecule has 0 spiro atoms. The summed E-state index contributed by atoms with van der Waals surface area (Å²) in [5.41, 5.74) is 5.17. The standard InChI is InChI=1S/C27H29N7O3/c28-14-22-16-30-26(32-22)37-27(36)33-24-7-6-20(12-23(24)19-4-2-1-3-5-19)18-8-10-34(11-9-18)25(35)13-21-15-29-17-31-21/h4,6-7,12,15-18H,1-3,5,8-11,13H2,(H,29,31)(H,30,32)(H,33,36). The molecule has 2 amide bonds. The molecular weight excluding hydrogens is 470 g/mol. The van der Waals surface area contributed by atoms with Crippen molar-refractivity contribution >= 4 is 23.3 Å². The number of ether oxygens (including phenoxy) is 1. The average molecular weight is 500 g/mol. The number of nitrogens with one attached hydrogen (secondary N) is 3. The predicted molar refractivity (Wildman–Crippen MR) is 137 cm³/mol. The molecule has 1 aromatic carbocycles. The van der Waals surface area contributed by atoms with Gasteiger partial charge in [-0.25, -0.2) is 14.8 Å². The van der Waals surface area contributed by atoms with E-state index in [9.17, 15) is 9.59 Å². The van der Waals surface area contributed by atoms with Gasteiger partial charge in [0.1, 0.15) is 11.8 Å². The van der Waals surface area contributed by atoms with Crippen LogP contribution in [0.5, 0.6) is 6.01 Å². The summed E-state index contributed by atoms with van der Waals surface area (Å²) < 4.78 is 5.23. The zero-order valence-electron chi connectivity index (χ0n) is 20.5. The van der Waals surface area contributed by atoms with Crippen LogP contribution in [0.25, 0.3) is 5.57 Å². The lowest BCUT2D eigenvalue weighted by atomic mass is 9.85. The van der Waals surface area contributed by atoms with Gasteiger partial charge in [0, 0.05) is 30.5 Å². The highest BCUT2D eigenvalue weighted by molar-refractivity contribution is 5.91. The first-order chi connectivity index (χ1) is 18.1. The summed E-state index contributed by atoms with van der Waals surface area (Å²) >= 11 is 0. The zero-order valence-corrected chi connectivity index (χ0v) is 20.5. The van der Waals surface area contributed by atoms with E-state index in [0.717, 1.165) is 56.5 Å². The molecule has 2 aliphatic rings. The molecule has 0 bridgehead atoms. The van der Waals surface area contributed by atoms with Gasteiger partial charge in [-0.1, -0.05) is 12.1 Å². The van der Waals surface area contributed by atoms with Gasteiger partial charge < -0.3 is 14.6 Å². The molecule has 37 heavy (non-hydrogen) atoms. The second-order valence-corrected chi connectivity index (χ2v) is 9.42. The number of amides is 2. The summed E-state index contributed by atoms with van der Waals surface area (Å²) in [7, 11) is 0. The van der Waals surface area contributed by atoms with E-state index in [1.54, 1.807) is 12.5 Å². The molecule has 190 valence electrons. The Hall–Kier alpha value is -4.39. The summed E-state index contributed by atoms with van der Waals surface area (Å²) in [6, 6.07) is 8.05. The van der Waals surface area contributed by atoms with Crippen LogP contribution in [0.4, 0.5) is 10.5 Å². The number of carbonyl (C=O) groups is 2. The van der Waals surface area contributed by atoms with Gasteiger partial charge in [0.05, 0.1) is 24.6 Å². The van der Waals surface area contributed by atoms with Crippen molar-refractivity contribution in [1.29, 1.82) is 5.26 Å². The van der Waals surface area contributed by atoms with E-state index in [1.807, 2.05) is 17.0 Å². The fourth-order valence-corrected chi connectivity index (χ4v) is 5.03. The van der Waals surface area contributed by atoms with E-state index in [2.05, 4.69) is 43.5 Å². The number of hydrogen-bond donors (Lipinski definition) is 3. The third kappa shape index (κ3) is 5.89. The number of nitriles is 1. The lowest BCUT2D eigenvalue weighted by Gasteiger charge is -2.32. The predicted octanol–water partition coefficient (Wildman–Crippen LogP) is 4.52. The Balaban J connectivity index is 1.28. The smallest absolute Gasteiger partial charge is 0.375 e. The number of allylic oxidation sites excluding steroid dienone is 2. The van der Waals surface area contributed by atoms with Crippen molar-refractivity contribution in [2.75, 3.05) is 18.4 Å². The molecule has 0 radical (unpaired) electrons. The van der Waals surface area contributed by atoms with Gasteiger partial charge in [0.25, 0.3) is 0 Å².